The summed E-state index contributed by atoms with van der Waals surface area (Å²) < 4.78 is 54.8. The van der Waals surface area contributed by atoms with Crippen LogP contribution < -0.4 is 11.3 Å². The molecule has 1 atom stereocenters. The van der Waals surface area contributed by atoms with Crippen molar-refractivity contribution in [2.75, 3.05) is 5.73 Å². The standard InChI is InChI=1S/C15H15N3O3/c1-8-17-11-4-2-3-10(16)14(11)15(21)18(8)12-6-5-9(19)7-13(12)20/h2-4,12H,5-7,16H2,1H3/i1D3,3D,4D,5D2. The molecule has 6 heteroatoms. The lowest BCUT2D eigenvalue weighted by Crippen LogP contribution is -2.36. The van der Waals surface area contributed by atoms with Crippen LogP contribution in [-0.4, -0.2) is 21.1 Å². The molecule has 0 saturated heterocycles. The molecule has 21 heavy (non-hydrogen) atoms. The summed E-state index contributed by atoms with van der Waals surface area (Å²) in [6.45, 7) is -2.97. The van der Waals surface area contributed by atoms with Gasteiger partial charge in [0.2, 0.25) is 0 Å². The Bertz CT molecular complexity index is 1090. The quantitative estimate of drug-likeness (QED) is 0.628. The van der Waals surface area contributed by atoms with Crippen LogP contribution in [0.2, 0.25) is 0 Å². The summed E-state index contributed by atoms with van der Waals surface area (Å²) in [7, 11) is 0. The number of aryl methyl sites for hydroxylation is 1. The van der Waals surface area contributed by atoms with E-state index >= 15 is 0 Å². The van der Waals surface area contributed by atoms with Gasteiger partial charge in [0.1, 0.15) is 11.6 Å². The summed E-state index contributed by atoms with van der Waals surface area (Å²) in [6.07, 6.45) is -3.95. The Hall–Kier alpha value is -2.50. The second kappa shape index (κ2) is 4.80. The van der Waals surface area contributed by atoms with E-state index in [0.717, 1.165) is 6.07 Å². The van der Waals surface area contributed by atoms with Crippen LogP contribution in [0.15, 0.2) is 22.9 Å². The van der Waals surface area contributed by atoms with Crippen molar-refractivity contribution in [2.24, 2.45) is 0 Å². The minimum Gasteiger partial charge on any atom is -0.398 e. The lowest BCUT2D eigenvalue weighted by atomic mass is 9.92. The van der Waals surface area contributed by atoms with Gasteiger partial charge in [-0.05, 0) is 25.4 Å². The summed E-state index contributed by atoms with van der Waals surface area (Å²) in [5, 5.41) is -0.393. The highest BCUT2D eigenvalue weighted by Crippen LogP contribution is 2.24. The molecule has 6 nitrogen and oxygen atoms in total. The fourth-order valence-electron chi connectivity index (χ4n) is 2.32. The van der Waals surface area contributed by atoms with Gasteiger partial charge in [-0.2, -0.15) is 0 Å². The maximum atomic E-state index is 13.1. The number of Topliss-reactive ketones (excluding diaryl/α,β-unsaturated/α-hetero) is 2. The molecule has 2 aromatic rings. The number of fused-ring (bicyclic) bond motifs is 1. The maximum Gasteiger partial charge on any atom is 0.264 e. The molecule has 1 aromatic carbocycles. The van der Waals surface area contributed by atoms with Crippen molar-refractivity contribution in [1.29, 1.82) is 0 Å². The Morgan fingerprint density at radius 1 is 1.48 bits per heavy atom. The largest absolute Gasteiger partial charge is 0.398 e. The van der Waals surface area contributed by atoms with E-state index in [1.165, 1.54) is 0 Å². The smallest absolute Gasteiger partial charge is 0.264 e. The number of benzene rings is 1. The Morgan fingerprint density at radius 3 is 3.05 bits per heavy atom. The second-order valence-electron chi connectivity index (χ2n) is 4.64. The molecule has 0 aliphatic heterocycles. The van der Waals surface area contributed by atoms with Gasteiger partial charge in [-0.25, -0.2) is 4.98 Å². The lowest BCUT2D eigenvalue weighted by molar-refractivity contribution is -0.132. The highest BCUT2D eigenvalue weighted by atomic mass is 16.2. The summed E-state index contributed by atoms with van der Waals surface area (Å²) in [4.78, 5) is 41.2. The third-order valence-corrected chi connectivity index (χ3v) is 3.33. The van der Waals surface area contributed by atoms with E-state index in [9.17, 15) is 14.4 Å². The van der Waals surface area contributed by atoms with Gasteiger partial charge < -0.3 is 5.73 Å². The van der Waals surface area contributed by atoms with Crippen molar-refractivity contribution in [1.82, 2.24) is 9.55 Å². The molecule has 1 aliphatic carbocycles. The molecule has 1 heterocycles. The fraction of sp³-hybridized carbons (Fsp3) is 0.333. The lowest BCUT2D eigenvalue weighted by Gasteiger charge is -2.24. The van der Waals surface area contributed by atoms with Crippen molar-refractivity contribution >= 4 is 28.2 Å². The molecule has 1 fully saturated rings. The number of rotatable bonds is 1. The van der Waals surface area contributed by atoms with Crippen molar-refractivity contribution in [3.63, 3.8) is 0 Å². The van der Waals surface area contributed by atoms with Gasteiger partial charge in [0, 0.05) is 18.9 Å². The first-order chi connectivity index (χ1) is 12.8. The molecule has 0 bridgehead atoms. The summed E-state index contributed by atoms with van der Waals surface area (Å²) >= 11 is 0. The van der Waals surface area contributed by atoms with Crippen LogP contribution in [0.1, 0.15) is 40.7 Å². The zero-order chi connectivity index (χ0) is 21.2. The predicted molar refractivity (Wildman–Crippen MR) is 78.1 cm³/mol. The molecule has 0 radical (unpaired) electrons. The average molecular weight is 292 g/mol. The second-order valence-corrected chi connectivity index (χ2v) is 4.64. The highest BCUT2D eigenvalue weighted by Gasteiger charge is 2.30. The molecule has 0 spiro atoms. The number of anilines is 1. The van der Waals surface area contributed by atoms with Gasteiger partial charge in [-0.1, -0.05) is 6.07 Å². The average Bonchev–Trinajstić information content (AvgIpc) is 2.55. The SMILES string of the molecule is [2H]c1cc([2H])c2nc(C([2H])([2H])[2H])n(C3CC([2H])([2H])C(=O)CC3=O)c(=O)c2c1N. The monoisotopic (exact) mass is 292 g/mol. The summed E-state index contributed by atoms with van der Waals surface area (Å²) in [6, 6.07) is -1.29. The van der Waals surface area contributed by atoms with Crippen LogP contribution in [0.3, 0.4) is 0 Å². The summed E-state index contributed by atoms with van der Waals surface area (Å²) in [5.74, 6) is -2.58. The maximum absolute atomic E-state index is 13.1. The van der Waals surface area contributed by atoms with Crippen LogP contribution >= 0.6 is 0 Å². The van der Waals surface area contributed by atoms with Crippen LogP contribution in [0.5, 0.6) is 0 Å². The first-order valence-electron chi connectivity index (χ1n) is 9.64. The van der Waals surface area contributed by atoms with E-state index in [0.29, 0.717) is 4.57 Å². The zero-order valence-electron chi connectivity index (χ0n) is 17.8. The molecule has 1 aliphatic rings. The number of hydrogen-bond acceptors (Lipinski definition) is 5. The van der Waals surface area contributed by atoms with Gasteiger partial charge in [-0.3, -0.25) is 19.0 Å². The number of carbonyl (C=O) groups excluding carboxylic acids is 2. The molecule has 108 valence electrons. The number of hydrogen-bond donors (Lipinski definition) is 1. The van der Waals surface area contributed by atoms with Gasteiger partial charge in [0.25, 0.3) is 5.56 Å². The van der Waals surface area contributed by atoms with E-state index < -0.39 is 60.4 Å². The van der Waals surface area contributed by atoms with Crippen molar-refractivity contribution < 1.29 is 19.2 Å². The number of aromatic nitrogens is 2. The first-order valence-corrected chi connectivity index (χ1v) is 6.14. The third kappa shape index (κ3) is 2.12. The van der Waals surface area contributed by atoms with Crippen LogP contribution in [0, 0.1) is 6.85 Å². The number of nitrogens with zero attached hydrogens (tertiary/aromatic N) is 2. The minimum absolute atomic E-state index is 0.330. The normalized spacial score (nSPS) is 27.0. The van der Waals surface area contributed by atoms with E-state index in [4.69, 9.17) is 15.3 Å². The molecule has 3 rings (SSSR count). The van der Waals surface area contributed by atoms with Crippen molar-refractivity contribution in [2.45, 2.75) is 32.1 Å². The Morgan fingerprint density at radius 2 is 2.29 bits per heavy atom. The van der Waals surface area contributed by atoms with E-state index in [1.807, 2.05) is 0 Å². The minimum atomic E-state index is -2.97. The molecular formula is C15H15N3O3. The van der Waals surface area contributed by atoms with Gasteiger partial charge in [0.05, 0.1) is 26.1 Å². The van der Waals surface area contributed by atoms with Crippen LogP contribution in [0.4, 0.5) is 5.69 Å². The molecule has 0 amide bonds. The van der Waals surface area contributed by atoms with E-state index in [1.54, 1.807) is 0 Å². The Balaban J connectivity index is 2.43. The van der Waals surface area contributed by atoms with Gasteiger partial charge >= 0.3 is 0 Å². The fourth-order valence-corrected chi connectivity index (χ4v) is 2.32. The third-order valence-electron chi connectivity index (χ3n) is 3.33. The van der Waals surface area contributed by atoms with Gasteiger partial charge in [0.15, 0.2) is 5.78 Å². The zero-order valence-corrected chi connectivity index (χ0v) is 10.8. The molecule has 1 unspecified atom stereocenters. The van der Waals surface area contributed by atoms with Crippen LogP contribution in [0.25, 0.3) is 10.9 Å². The van der Waals surface area contributed by atoms with Gasteiger partial charge in [-0.15, -0.1) is 0 Å². The highest BCUT2D eigenvalue weighted by molar-refractivity contribution is 6.03. The number of nitrogens with two attached hydrogens (primary N) is 1. The summed E-state index contributed by atoms with van der Waals surface area (Å²) in [5.41, 5.74) is 4.04. The number of carbonyl (C=O) groups is 2. The van der Waals surface area contributed by atoms with Crippen molar-refractivity contribution in [3.05, 3.63) is 34.3 Å². The van der Waals surface area contributed by atoms with Crippen molar-refractivity contribution in [3.8, 4) is 0 Å². The molecular weight excluding hydrogens is 270 g/mol. The molecule has 1 saturated carbocycles. The van der Waals surface area contributed by atoms with E-state index in [2.05, 4.69) is 4.98 Å². The Labute approximate surface area is 130 Å². The first kappa shape index (κ1) is 7.49. The number of ketones is 2. The Kier molecular flexibility index (Phi) is 1.71. The molecule has 2 N–H and O–H groups in total. The molecule has 1 aromatic heterocycles. The van der Waals surface area contributed by atoms with Crippen LogP contribution in [-0.2, 0) is 9.59 Å². The number of nitrogen functional groups attached to an aromatic ring is 1. The topological polar surface area (TPSA) is 95.0 Å². The van der Waals surface area contributed by atoms with E-state index in [-0.39, 0.29) is 23.3 Å². The predicted octanol–water partition coefficient (Wildman–Crippen LogP) is 1.15.